The summed E-state index contributed by atoms with van der Waals surface area (Å²) in [6, 6.07) is 14.3. The van der Waals surface area contributed by atoms with Gasteiger partial charge < -0.3 is 24.3 Å². The topological polar surface area (TPSA) is 101 Å². The van der Waals surface area contributed by atoms with E-state index in [1.165, 1.54) is 0 Å². The van der Waals surface area contributed by atoms with Gasteiger partial charge in [0.1, 0.15) is 5.60 Å². The molecule has 2 aliphatic rings. The Labute approximate surface area is 252 Å². The molecule has 43 heavy (non-hydrogen) atoms. The molecule has 0 radical (unpaired) electrons. The summed E-state index contributed by atoms with van der Waals surface area (Å²) in [4.78, 5) is 39.5. The van der Waals surface area contributed by atoms with Gasteiger partial charge in [0.2, 0.25) is 0 Å². The van der Waals surface area contributed by atoms with Crippen molar-refractivity contribution in [2.24, 2.45) is 0 Å². The van der Waals surface area contributed by atoms with E-state index in [9.17, 15) is 9.59 Å². The van der Waals surface area contributed by atoms with Crippen LogP contribution < -0.4 is 10.2 Å². The predicted octanol–water partition coefficient (Wildman–Crippen LogP) is 6.29. The lowest BCUT2D eigenvalue weighted by Crippen LogP contribution is -2.50. The predicted molar refractivity (Wildman–Crippen MR) is 166 cm³/mol. The monoisotopic (exact) mass is 581 g/mol. The molecule has 3 heterocycles. The van der Waals surface area contributed by atoms with E-state index in [1.54, 1.807) is 11.1 Å². The zero-order chi connectivity index (χ0) is 30.5. The summed E-state index contributed by atoms with van der Waals surface area (Å²) in [6.45, 7) is 13.9. The van der Waals surface area contributed by atoms with Crippen LogP contribution in [-0.2, 0) is 10.3 Å². The van der Waals surface area contributed by atoms with Crippen molar-refractivity contribution in [1.82, 2.24) is 20.2 Å². The molecule has 0 bridgehead atoms. The van der Waals surface area contributed by atoms with Crippen LogP contribution in [0.3, 0.4) is 0 Å². The zero-order valence-corrected chi connectivity index (χ0v) is 25.8. The number of pyridine rings is 1. The lowest BCUT2D eigenvalue weighted by atomic mass is 9.95. The number of carbonyl (C=O) groups is 2. The van der Waals surface area contributed by atoms with E-state index in [0.717, 1.165) is 51.8 Å². The number of hydrogen-bond donors (Lipinski definition) is 1. The largest absolute Gasteiger partial charge is 0.444 e. The minimum Gasteiger partial charge on any atom is -0.444 e. The molecular weight excluding hydrogens is 542 g/mol. The highest BCUT2D eigenvalue weighted by molar-refractivity contribution is 5.98. The molecular formula is C34H39N5O4. The number of benzene rings is 2. The lowest BCUT2D eigenvalue weighted by Gasteiger charge is -2.37. The maximum Gasteiger partial charge on any atom is 0.410 e. The number of anilines is 1. The van der Waals surface area contributed by atoms with Gasteiger partial charge >= 0.3 is 6.09 Å². The van der Waals surface area contributed by atoms with E-state index in [0.29, 0.717) is 43.4 Å². The molecule has 6 rings (SSSR count). The first-order chi connectivity index (χ1) is 20.4. The van der Waals surface area contributed by atoms with Gasteiger partial charge in [-0.2, -0.15) is 0 Å². The molecule has 2 aromatic heterocycles. The van der Waals surface area contributed by atoms with Crippen molar-refractivity contribution < 1.29 is 18.7 Å². The Balaban J connectivity index is 1.24. The summed E-state index contributed by atoms with van der Waals surface area (Å²) >= 11 is 0. The number of aryl methyl sites for hydroxylation is 3. The van der Waals surface area contributed by atoms with Gasteiger partial charge in [0.25, 0.3) is 5.91 Å². The summed E-state index contributed by atoms with van der Waals surface area (Å²) in [7, 11) is 0. The standard InChI is InChI=1S/C34H39N5O4/c1-21-7-9-25(38-13-15-39(16-14-38)32(41)43-33(4,5)6)19-27(21)31(40)37-34(11-12-34)28-17-24(30-20-35-23(3)42-30)18-29-26(28)10-8-22(2)36-29/h7-10,17-20H,11-16H2,1-6H3,(H,37,40). The van der Waals surface area contributed by atoms with Gasteiger partial charge in [-0.3, -0.25) is 9.78 Å². The highest BCUT2D eigenvalue weighted by Crippen LogP contribution is 2.49. The number of ether oxygens (including phenoxy) is 1. The summed E-state index contributed by atoms with van der Waals surface area (Å²) in [6.07, 6.45) is 3.13. The Morgan fingerprint density at radius 3 is 2.37 bits per heavy atom. The van der Waals surface area contributed by atoms with Crippen molar-refractivity contribution in [3.8, 4) is 11.3 Å². The lowest BCUT2D eigenvalue weighted by molar-refractivity contribution is 0.0240. The van der Waals surface area contributed by atoms with Crippen LogP contribution in [0.25, 0.3) is 22.2 Å². The van der Waals surface area contributed by atoms with Crippen molar-refractivity contribution in [2.45, 2.75) is 65.5 Å². The molecule has 1 saturated heterocycles. The molecule has 2 fully saturated rings. The van der Waals surface area contributed by atoms with Crippen molar-refractivity contribution >= 4 is 28.6 Å². The van der Waals surface area contributed by atoms with Crippen molar-refractivity contribution in [2.75, 3.05) is 31.1 Å². The molecule has 1 N–H and O–H groups in total. The fraction of sp³-hybridized carbons (Fsp3) is 0.412. The maximum atomic E-state index is 13.9. The van der Waals surface area contributed by atoms with Crippen LogP contribution in [0.1, 0.15) is 66.7 Å². The van der Waals surface area contributed by atoms with Crippen molar-refractivity contribution in [3.05, 3.63) is 76.9 Å². The van der Waals surface area contributed by atoms with Crippen LogP contribution >= 0.6 is 0 Å². The van der Waals surface area contributed by atoms with Gasteiger partial charge in [0.05, 0.1) is 17.3 Å². The summed E-state index contributed by atoms with van der Waals surface area (Å²) < 4.78 is 11.4. The molecule has 0 spiro atoms. The molecule has 0 atom stereocenters. The highest BCUT2D eigenvalue weighted by Gasteiger charge is 2.47. The van der Waals surface area contributed by atoms with E-state index in [2.05, 4.69) is 27.3 Å². The maximum absolute atomic E-state index is 13.9. The molecule has 2 aromatic carbocycles. The van der Waals surface area contributed by atoms with E-state index in [4.69, 9.17) is 14.1 Å². The second kappa shape index (κ2) is 10.7. The van der Waals surface area contributed by atoms with Gasteiger partial charge in [-0.1, -0.05) is 12.1 Å². The van der Waals surface area contributed by atoms with Gasteiger partial charge in [-0.15, -0.1) is 0 Å². The average molecular weight is 582 g/mol. The van der Waals surface area contributed by atoms with E-state index < -0.39 is 11.1 Å². The molecule has 9 heteroatoms. The van der Waals surface area contributed by atoms with Crippen LogP contribution in [0.4, 0.5) is 10.5 Å². The number of hydrogen-bond acceptors (Lipinski definition) is 7. The Kier molecular flexibility index (Phi) is 7.15. The molecule has 1 aliphatic carbocycles. The molecule has 0 unspecified atom stereocenters. The number of nitrogens with zero attached hydrogens (tertiary/aromatic N) is 4. The Bertz CT molecular complexity index is 1710. The molecule has 4 aromatic rings. The van der Waals surface area contributed by atoms with Crippen LogP contribution in [0.15, 0.2) is 53.1 Å². The Hall–Kier alpha value is -4.40. The van der Waals surface area contributed by atoms with E-state index in [-0.39, 0.29) is 12.0 Å². The number of nitrogens with one attached hydrogen (secondary N) is 1. The number of fused-ring (bicyclic) bond motifs is 1. The van der Waals surface area contributed by atoms with Crippen LogP contribution in [0.5, 0.6) is 0 Å². The smallest absolute Gasteiger partial charge is 0.410 e. The van der Waals surface area contributed by atoms with Gasteiger partial charge in [-0.05, 0) is 88.9 Å². The zero-order valence-electron chi connectivity index (χ0n) is 25.8. The quantitative estimate of drug-likeness (QED) is 0.296. The average Bonchev–Trinajstić information content (AvgIpc) is 3.60. The SMILES string of the molecule is Cc1ccc2c(C3(NC(=O)c4cc(N5CCN(C(=O)OC(C)(C)C)CC5)ccc4C)CC3)cc(-c3cnc(C)o3)cc2n1. The number of amides is 2. The first kappa shape index (κ1) is 28.7. The van der Waals surface area contributed by atoms with E-state index in [1.807, 2.05) is 71.9 Å². The fourth-order valence-corrected chi connectivity index (χ4v) is 5.77. The number of oxazole rings is 1. The minimum atomic E-state index is -0.523. The first-order valence-electron chi connectivity index (χ1n) is 14.9. The highest BCUT2D eigenvalue weighted by atomic mass is 16.6. The summed E-state index contributed by atoms with van der Waals surface area (Å²) in [5, 5.41) is 4.43. The normalized spacial score (nSPS) is 16.3. The van der Waals surface area contributed by atoms with Crippen LogP contribution in [-0.4, -0.2) is 58.6 Å². The van der Waals surface area contributed by atoms with Crippen molar-refractivity contribution in [3.63, 3.8) is 0 Å². The Morgan fingerprint density at radius 2 is 1.72 bits per heavy atom. The number of piperazine rings is 1. The molecule has 2 amide bonds. The third kappa shape index (κ3) is 5.94. The second-order valence-corrected chi connectivity index (χ2v) is 12.8. The second-order valence-electron chi connectivity index (χ2n) is 12.8. The van der Waals surface area contributed by atoms with Gasteiger partial charge in [0, 0.05) is 61.0 Å². The molecule has 224 valence electrons. The number of aromatic nitrogens is 2. The number of rotatable bonds is 5. The molecule has 9 nitrogen and oxygen atoms in total. The molecule has 1 aliphatic heterocycles. The van der Waals surface area contributed by atoms with Gasteiger partial charge in [0.15, 0.2) is 11.7 Å². The molecule has 1 saturated carbocycles. The third-order valence-corrected chi connectivity index (χ3v) is 8.23. The minimum absolute atomic E-state index is 0.0987. The summed E-state index contributed by atoms with van der Waals surface area (Å²) in [5.74, 6) is 1.18. The third-order valence-electron chi connectivity index (χ3n) is 8.23. The van der Waals surface area contributed by atoms with E-state index >= 15 is 0 Å². The van der Waals surface area contributed by atoms with Gasteiger partial charge in [-0.25, -0.2) is 9.78 Å². The van der Waals surface area contributed by atoms with Crippen LogP contribution in [0.2, 0.25) is 0 Å². The van der Waals surface area contributed by atoms with Crippen LogP contribution in [0, 0.1) is 20.8 Å². The number of carbonyl (C=O) groups excluding carboxylic acids is 2. The fourth-order valence-electron chi connectivity index (χ4n) is 5.77. The first-order valence-corrected chi connectivity index (χ1v) is 14.9. The Morgan fingerprint density at radius 1 is 0.977 bits per heavy atom. The summed E-state index contributed by atoms with van der Waals surface area (Å²) in [5.41, 5.74) is 5.26. The van der Waals surface area contributed by atoms with Crippen molar-refractivity contribution in [1.29, 1.82) is 0 Å².